The highest BCUT2D eigenvalue weighted by atomic mass is 16.5. The molecule has 0 aliphatic heterocycles. The SMILES string of the molecule is COc1cccc(N)c1[C@@H](N)C1CC1. The van der Waals surface area contributed by atoms with Crippen LogP contribution in [0.1, 0.15) is 24.4 Å². The van der Waals surface area contributed by atoms with Gasteiger partial charge in [0.25, 0.3) is 0 Å². The molecule has 1 aliphatic carbocycles. The van der Waals surface area contributed by atoms with Crippen LogP contribution in [0.4, 0.5) is 5.69 Å². The summed E-state index contributed by atoms with van der Waals surface area (Å²) in [5, 5.41) is 0. The van der Waals surface area contributed by atoms with E-state index in [4.69, 9.17) is 16.2 Å². The Labute approximate surface area is 84.0 Å². The zero-order chi connectivity index (χ0) is 10.1. The Balaban J connectivity index is 2.37. The molecule has 1 aromatic rings. The van der Waals surface area contributed by atoms with Crippen molar-refractivity contribution < 1.29 is 4.74 Å². The smallest absolute Gasteiger partial charge is 0.125 e. The maximum absolute atomic E-state index is 6.12. The van der Waals surface area contributed by atoms with Crippen LogP contribution in [0, 0.1) is 5.92 Å². The van der Waals surface area contributed by atoms with Gasteiger partial charge >= 0.3 is 0 Å². The fourth-order valence-electron chi connectivity index (χ4n) is 1.79. The van der Waals surface area contributed by atoms with E-state index < -0.39 is 0 Å². The van der Waals surface area contributed by atoms with Crippen LogP contribution in [0.15, 0.2) is 18.2 Å². The average Bonchev–Trinajstić information content (AvgIpc) is 2.99. The van der Waals surface area contributed by atoms with E-state index in [1.165, 1.54) is 12.8 Å². The Kier molecular flexibility index (Phi) is 2.33. The molecule has 76 valence electrons. The van der Waals surface area contributed by atoms with Crippen LogP contribution in [-0.2, 0) is 0 Å². The Morgan fingerprint density at radius 2 is 2.14 bits per heavy atom. The molecule has 3 nitrogen and oxygen atoms in total. The number of hydrogen-bond acceptors (Lipinski definition) is 3. The predicted octanol–water partition coefficient (Wildman–Crippen LogP) is 1.69. The molecule has 0 radical (unpaired) electrons. The highest BCUT2D eigenvalue weighted by Gasteiger charge is 2.32. The third-order valence-corrected chi connectivity index (χ3v) is 2.78. The molecule has 1 aromatic carbocycles. The first kappa shape index (κ1) is 9.34. The molecule has 1 fully saturated rings. The second kappa shape index (κ2) is 3.50. The van der Waals surface area contributed by atoms with Crippen molar-refractivity contribution >= 4 is 5.69 Å². The van der Waals surface area contributed by atoms with E-state index in [0.717, 1.165) is 17.0 Å². The summed E-state index contributed by atoms with van der Waals surface area (Å²) >= 11 is 0. The molecule has 0 unspecified atom stereocenters. The molecule has 0 spiro atoms. The molecule has 0 saturated heterocycles. The van der Waals surface area contributed by atoms with Crippen molar-refractivity contribution in [3.63, 3.8) is 0 Å². The largest absolute Gasteiger partial charge is 0.496 e. The van der Waals surface area contributed by atoms with Gasteiger partial charge in [-0.2, -0.15) is 0 Å². The van der Waals surface area contributed by atoms with Gasteiger partial charge in [-0.25, -0.2) is 0 Å². The summed E-state index contributed by atoms with van der Waals surface area (Å²) in [6, 6.07) is 5.71. The topological polar surface area (TPSA) is 61.3 Å². The van der Waals surface area contributed by atoms with Gasteiger partial charge < -0.3 is 16.2 Å². The van der Waals surface area contributed by atoms with E-state index in [0.29, 0.717) is 5.92 Å². The van der Waals surface area contributed by atoms with Gasteiger partial charge in [-0.3, -0.25) is 0 Å². The third-order valence-electron chi connectivity index (χ3n) is 2.78. The molecule has 0 bridgehead atoms. The lowest BCUT2D eigenvalue weighted by molar-refractivity contribution is 0.403. The summed E-state index contributed by atoms with van der Waals surface area (Å²) in [5.74, 6) is 1.40. The summed E-state index contributed by atoms with van der Waals surface area (Å²) in [6.07, 6.45) is 2.41. The van der Waals surface area contributed by atoms with Crippen molar-refractivity contribution in [1.29, 1.82) is 0 Å². The lowest BCUT2D eigenvalue weighted by Gasteiger charge is -2.17. The first-order chi connectivity index (χ1) is 6.74. The highest BCUT2D eigenvalue weighted by Crippen LogP contribution is 2.43. The Bertz CT molecular complexity index is 334. The maximum Gasteiger partial charge on any atom is 0.125 e. The number of ether oxygens (including phenoxy) is 1. The Morgan fingerprint density at radius 3 is 2.71 bits per heavy atom. The number of anilines is 1. The molecule has 3 heteroatoms. The van der Waals surface area contributed by atoms with Gasteiger partial charge in [0.15, 0.2) is 0 Å². The molecule has 0 amide bonds. The van der Waals surface area contributed by atoms with Crippen LogP contribution in [0.2, 0.25) is 0 Å². The molecule has 4 N–H and O–H groups in total. The van der Waals surface area contributed by atoms with Gasteiger partial charge in [0.2, 0.25) is 0 Å². The fraction of sp³-hybridized carbons (Fsp3) is 0.455. The number of nitrogen functional groups attached to an aromatic ring is 1. The van der Waals surface area contributed by atoms with E-state index >= 15 is 0 Å². The van der Waals surface area contributed by atoms with Crippen LogP contribution in [-0.4, -0.2) is 7.11 Å². The molecule has 0 aromatic heterocycles. The molecule has 1 saturated carbocycles. The summed E-state index contributed by atoms with van der Waals surface area (Å²) in [7, 11) is 1.65. The number of rotatable bonds is 3. The second-order valence-electron chi connectivity index (χ2n) is 3.83. The monoisotopic (exact) mass is 192 g/mol. The van der Waals surface area contributed by atoms with E-state index in [-0.39, 0.29) is 6.04 Å². The zero-order valence-electron chi connectivity index (χ0n) is 8.36. The van der Waals surface area contributed by atoms with Crippen molar-refractivity contribution in [3.8, 4) is 5.75 Å². The minimum atomic E-state index is 0.0335. The van der Waals surface area contributed by atoms with E-state index in [9.17, 15) is 0 Å². The molecule has 14 heavy (non-hydrogen) atoms. The standard InChI is InChI=1S/C11H16N2O/c1-14-9-4-2-3-8(12)10(9)11(13)7-5-6-7/h2-4,7,11H,5-6,12-13H2,1H3/t11-/m0/s1. The lowest BCUT2D eigenvalue weighted by atomic mass is 10.0. The highest BCUT2D eigenvalue weighted by molar-refractivity contribution is 5.56. The fourth-order valence-corrected chi connectivity index (χ4v) is 1.79. The third kappa shape index (κ3) is 1.55. The minimum Gasteiger partial charge on any atom is -0.496 e. The minimum absolute atomic E-state index is 0.0335. The normalized spacial score (nSPS) is 17.9. The molecule has 1 atom stereocenters. The quantitative estimate of drug-likeness (QED) is 0.716. The average molecular weight is 192 g/mol. The predicted molar refractivity (Wildman–Crippen MR) is 57.1 cm³/mol. The van der Waals surface area contributed by atoms with Gasteiger partial charge in [-0.15, -0.1) is 0 Å². The van der Waals surface area contributed by atoms with E-state index in [2.05, 4.69) is 0 Å². The van der Waals surface area contributed by atoms with Crippen molar-refractivity contribution in [1.82, 2.24) is 0 Å². The number of benzene rings is 1. The molecular weight excluding hydrogens is 176 g/mol. The summed E-state index contributed by atoms with van der Waals surface area (Å²) in [4.78, 5) is 0. The summed E-state index contributed by atoms with van der Waals surface area (Å²) < 4.78 is 5.27. The van der Waals surface area contributed by atoms with Crippen molar-refractivity contribution in [3.05, 3.63) is 23.8 Å². The first-order valence-corrected chi connectivity index (χ1v) is 4.92. The van der Waals surface area contributed by atoms with E-state index in [1.54, 1.807) is 7.11 Å². The number of methoxy groups -OCH3 is 1. The van der Waals surface area contributed by atoms with Crippen LogP contribution >= 0.6 is 0 Å². The summed E-state index contributed by atoms with van der Waals surface area (Å²) in [5.41, 5.74) is 13.7. The second-order valence-corrected chi connectivity index (χ2v) is 3.83. The first-order valence-electron chi connectivity index (χ1n) is 4.92. The van der Waals surface area contributed by atoms with Gasteiger partial charge in [0.1, 0.15) is 5.75 Å². The number of nitrogens with two attached hydrogens (primary N) is 2. The number of hydrogen-bond donors (Lipinski definition) is 2. The van der Waals surface area contributed by atoms with Gasteiger partial charge in [0.05, 0.1) is 7.11 Å². The lowest BCUT2D eigenvalue weighted by Crippen LogP contribution is -2.15. The Hall–Kier alpha value is -1.22. The molecule has 0 heterocycles. The van der Waals surface area contributed by atoms with Gasteiger partial charge in [0, 0.05) is 17.3 Å². The van der Waals surface area contributed by atoms with Crippen LogP contribution in [0.25, 0.3) is 0 Å². The van der Waals surface area contributed by atoms with Crippen molar-refractivity contribution in [2.75, 3.05) is 12.8 Å². The van der Waals surface area contributed by atoms with Crippen LogP contribution in [0.5, 0.6) is 5.75 Å². The van der Waals surface area contributed by atoms with Gasteiger partial charge in [-0.1, -0.05) is 6.07 Å². The Morgan fingerprint density at radius 1 is 1.43 bits per heavy atom. The zero-order valence-corrected chi connectivity index (χ0v) is 8.36. The van der Waals surface area contributed by atoms with Crippen LogP contribution < -0.4 is 16.2 Å². The molecular formula is C11H16N2O. The van der Waals surface area contributed by atoms with E-state index in [1.807, 2.05) is 18.2 Å². The maximum atomic E-state index is 6.12. The van der Waals surface area contributed by atoms with Gasteiger partial charge in [-0.05, 0) is 30.9 Å². The van der Waals surface area contributed by atoms with Crippen molar-refractivity contribution in [2.45, 2.75) is 18.9 Å². The summed E-state index contributed by atoms with van der Waals surface area (Å²) in [6.45, 7) is 0. The van der Waals surface area contributed by atoms with Crippen LogP contribution in [0.3, 0.4) is 0 Å². The van der Waals surface area contributed by atoms with Crippen molar-refractivity contribution in [2.24, 2.45) is 11.7 Å². The molecule has 1 aliphatic rings. The molecule has 2 rings (SSSR count).